The largest absolute Gasteiger partial charge is 0.324 e. The number of hydrogen-bond acceptors (Lipinski definition) is 4. The van der Waals surface area contributed by atoms with Crippen molar-refractivity contribution in [1.82, 2.24) is 4.31 Å². The average Bonchev–Trinajstić information content (AvgIpc) is 2.60. The number of thioether (sulfide) groups is 1. The molecular formula is C17H20FN3O3S2. The van der Waals surface area contributed by atoms with E-state index in [9.17, 15) is 17.6 Å². The maximum Gasteiger partial charge on any atom is 0.304 e. The van der Waals surface area contributed by atoms with E-state index in [0.29, 0.717) is 5.69 Å². The minimum atomic E-state index is -3.93. The lowest BCUT2D eigenvalue weighted by atomic mass is 10.3. The molecule has 6 nitrogen and oxygen atoms in total. The summed E-state index contributed by atoms with van der Waals surface area (Å²) in [5, 5.41) is 2.69. The topological polar surface area (TPSA) is 69.7 Å². The summed E-state index contributed by atoms with van der Waals surface area (Å²) in [5.74, 6) is -0.993. The standard InChI is InChI=1S/C17H20FN3O3S2/c1-20(2)26(23,24)21(15-9-7-13(18)8-10-15)12-17(22)19-14-5-4-6-16(11-14)25-3/h4-11H,12H2,1-3H3,(H,19,22). The number of rotatable bonds is 7. The van der Waals surface area contributed by atoms with Crippen LogP contribution in [0.25, 0.3) is 0 Å². The maximum atomic E-state index is 13.2. The smallest absolute Gasteiger partial charge is 0.304 e. The van der Waals surface area contributed by atoms with Gasteiger partial charge in [-0.25, -0.2) is 8.70 Å². The van der Waals surface area contributed by atoms with Gasteiger partial charge >= 0.3 is 10.2 Å². The molecule has 2 rings (SSSR count). The van der Waals surface area contributed by atoms with Gasteiger partial charge in [-0.2, -0.15) is 12.7 Å². The van der Waals surface area contributed by atoms with Crippen LogP contribution in [0.4, 0.5) is 15.8 Å². The molecule has 0 saturated carbocycles. The van der Waals surface area contributed by atoms with Crippen molar-refractivity contribution in [1.29, 1.82) is 0 Å². The Morgan fingerprint density at radius 2 is 1.81 bits per heavy atom. The summed E-state index contributed by atoms with van der Waals surface area (Å²) >= 11 is 1.53. The predicted octanol–water partition coefficient (Wildman–Crippen LogP) is 2.80. The number of anilines is 2. The molecule has 0 radical (unpaired) electrons. The first-order valence-electron chi connectivity index (χ1n) is 7.63. The number of halogens is 1. The zero-order valence-corrected chi connectivity index (χ0v) is 16.3. The quantitative estimate of drug-likeness (QED) is 0.730. The number of amides is 1. The van der Waals surface area contributed by atoms with Gasteiger partial charge in [0.15, 0.2) is 0 Å². The van der Waals surface area contributed by atoms with Crippen molar-refractivity contribution in [3.63, 3.8) is 0 Å². The zero-order chi connectivity index (χ0) is 19.3. The molecule has 1 N–H and O–H groups in total. The van der Waals surface area contributed by atoms with E-state index in [1.807, 2.05) is 12.3 Å². The van der Waals surface area contributed by atoms with Crippen LogP contribution in [-0.4, -0.2) is 45.5 Å². The highest BCUT2D eigenvalue weighted by Gasteiger charge is 2.27. The summed E-state index contributed by atoms with van der Waals surface area (Å²) in [7, 11) is -1.19. The molecule has 0 spiro atoms. The number of carbonyl (C=O) groups is 1. The molecule has 0 atom stereocenters. The molecule has 9 heteroatoms. The van der Waals surface area contributed by atoms with Gasteiger partial charge in [-0.15, -0.1) is 11.8 Å². The number of carbonyl (C=O) groups excluding carboxylic acids is 1. The molecule has 0 unspecified atom stereocenters. The van der Waals surface area contributed by atoms with Gasteiger partial charge in [0.2, 0.25) is 5.91 Å². The fourth-order valence-electron chi connectivity index (χ4n) is 2.14. The highest BCUT2D eigenvalue weighted by molar-refractivity contribution is 7.98. The third kappa shape index (κ3) is 4.96. The summed E-state index contributed by atoms with van der Waals surface area (Å²) in [6.07, 6.45) is 1.92. The van der Waals surface area contributed by atoms with Gasteiger partial charge in [-0.1, -0.05) is 6.07 Å². The Kier molecular flexibility index (Phi) is 6.63. The highest BCUT2D eigenvalue weighted by Crippen LogP contribution is 2.21. The average molecular weight is 397 g/mol. The van der Waals surface area contributed by atoms with Crippen molar-refractivity contribution < 1.29 is 17.6 Å². The molecule has 2 aromatic carbocycles. The molecule has 0 aliphatic carbocycles. The molecule has 0 aromatic heterocycles. The Hall–Kier alpha value is -2.10. The molecule has 2 aromatic rings. The van der Waals surface area contributed by atoms with Gasteiger partial charge in [-0.3, -0.25) is 4.79 Å². The van der Waals surface area contributed by atoms with Crippen LogP contribution in [0.5, 0.6) is 0 Å². The molecule has 0 bridgehead atoms. The fraction of sp³-hybridized carbons (Fsp3) is 0.235. The first-order valence-corrected chi connectivity index (χ1v) is 10.3. The van der Waals surface area contributed by atoms with E-state index in [2.05, 4.69) is 5.32 Å². The van der Waals surface area contributed by atoms with Crippen molar-refractivity contribution in [3.8, 4) is 0 Å². The normalized spacial score (nSPS) is 11.4. The Bertz CT molecular complexity index is 871. The molecular weight excluding hydrogens is 377 g/mol. The van der Waals surface area contributed by atoms with Gasteiger partial charge in [-0.05, 0) is 48.7 Å². The van der Waals surface area contributed by atoms with Gasteiger partial charge in [0, 0.05) is 24.7 Å². The van der Waals surface area contributed by atoms with E-state index in [1.54, 1.807) is 18.2 Å². The summed E-state index contributed by atoms with van der Waals surface area (Å²) in [6.45, 7) is -0.435. The Labute approximate surface area is 157 Å². The molecule has 0 saturated heterocycles. The molecule has 1 amide bonds. The number of nitrogens with one attached hydrogen (secondary N) is 1. The van der Waals surface area contributed by atoms with Crippen LogP contribution in [-0.2, 0) is 15.0 Å². The van der Waals surface area contributed by atoms with Crippen LogP contribution in [0.1, 0.15) is 0 Å². The van der Waals surface area contributed by atoms with E-state index in [4.69, 9.17) is 0 Å². The van der Waals surface area contributed by atoms with Crippen LogP contribution in [0.3, 0.4) is 0 Å². The Balaban J connectivity index is 2.25. The molecule has 0 fully saturated rings. The van der Waals surface area contributed by atoms with Gasteiger partial charge in [0.05, 0.1) is 5.69 Å². The monoisotopic (exact) mass is 397 g/mol. The number of benzene rings is 2. The van der Waals surface area contributed by atoms with Crippen molar-refractivity contribution >= 4 is 39.3 Å². The van der Waals surface area contributed by atoms with Gasteiger partial charge < -0.3 is 5.32 Å². The summed E-state index contributed by atoms with van der Waals surface area (Å²) < 4.78 is 40.3. The van der Waals surface area contributed by atoms with Crippen LogP contribution in [0.15, 0.2) is 53.4 Å². The second-order valence-corrected chi connectivity index (χ2v) is 8.50. The van der Waals surface area contributed by atoms with Gasteiger partial charge in [0.25, 0.3) is 0 Å². The van der Waals surface area contributed by atoms with Crippen LogP contribution in [0.2, 0.25) is 0 Å². The lowest BCUT2D eigenvalue weighted by molar-refractivity contribution is -0.114. The van der Waals surface area contributed by atoms with E-state index in [1.165, 1.54) is 38.0 Å². The minimum Gasteiger partial charge on any atom is -0.324 e. The first kappa shape index (κ1) is 20.2. The van der Waals surface area contributed by atoms with Crippen LogP contribution < -0.4 is 9.62 Å². The number of nitrogens with zero attached hydrogens (tertiary/aromatic N) is 2. The molecule has 26 heavy (non-hydrogen) atoms. The lowest BCUT2D eigenvalue weighted by Crippen LogP contribution is -2.44. The Morgan fingerprint density at radius 3 is 2.38 bits per heavy atom. The van der Waals surface area contributed by atoms with E-state index >= 15 is 0 Å². The minimum absolute atomic E-state index is 0.202. The first-order chi connectivity index (χ1) is 12.2. The predicted molar refractivity (Wildman–Crippen MR) is 103 cm³/mol. The van der Waals surface area contributed by atoms with Crippen molar-refractivity contribution in [2.24, 2.45) is 0 Å². The van der Waals surface area contributed by atoms with Crippen molar-refractivity contribution in [3.05, 3.63) is 54.3 Å². The van der Waals surface area contributed by atoms with Crippen LogP contribution >= 0.6 is 11.8 Å². The van der Waals surface area contributed by atoms with E-state index in [0.717, 1.165) is 25.6 Å². The molecule has 0 aliphatic rings. The maximum absolute atomic E-state index is 13.2. The zero-order valence-electron chi connectivity index (χ0n) is 14.6. The van der Waals surface area contributed by atoms with E-state index < -0.39 is 28.5 Å². The Morgan fingerprint density at radius 1 is 1.15 bits per heavy atom. The van der Waals surface area contributed by atoms with Crippen molar-refractivity contribution in [2.45, 2.75) is 4.90 Å². The van der Waals surface area contributed by atoms with E-state index in [-0.39, 0.29) is 5.69 Å². The number of hydrogen-bond donors (Lipinski definition) is 1. The summed E-state index contributed by atoms with van der Waals surface area (Å²) in [4.78, 5) is 13.4. The second kappa shape index (κ2) is 8.52. The van der Waals surface area contributed by atoms with Crippen molar-refractivity contribution in [2.75, 3.05) is 36.5 Å². The van der Waals surface area contributed by atoms with Gasteiger partial charge in [0.1, 0.15) is 12.4 Å². The third-order valence-corrected chi connectivity index (χ3v) is 6.04. The van der Waals surface area contributed by atoms with Crippen LogP contribution in [0, 0.1) is 5.82 Å². The fourth-order valence-corrected chi connectivity index (χ4v) is 3.66. The summed E-state index contributed by atoms with van der Waals surface area (Å²) in [6, 6.07) is 12.2. The molecule has 0 aliphatic heterocycles. The third-order valence-electron chi connectivity index (χ3n) is 3.50. The second-order valence-electron chi connectivity index (χ2n) is 5.55. The highest BCUT2D eigenvalue weighted by atomic mass is 32.2. The lowest BCUT2D eigenvalue weighted by Gasteiger charge is -2.26. The molecule has 0 heterocycles. The SMILES string of the molecule is CSc1cccc(NC(=O)CN(c2ccc(F)cc2)S(=O)(=O)N(C)C)c1. The summed E-state index contributed by atoms with van der Waals surface area (Å²) in [5.41, 5.74) is 0.774. The molecule has 140 valence electrons.